The van der Waals surface area contributed by atoms with Crippen LogP contribution >= 0.6 is 0 Å². The molecule has 1 amide bonds. The fraction of sp³-hybridized carbons (Fsp3) is 0.300. The zero-order valence-electron chi connectivity index (χ0n) is 21.4. The van der Waals surface area contributed by atoms with Crippen molar-refractivity contribution in [2.24, 2.45) is 5.92 Å². The van der Waals surface area contributed by atoms with Crippen molar-refractivity contribution in [3.63, 3.8) is 0 Å². The lowest BCUT2D eigenvalue weighted by Crippen LogP contribution is -2.29. The zero-order valence-corrected chi connectivity index (χ0v) is 21.4. The van der Waals surface area contributed by atoms with Crippen LogP contribution in [0, 0.1) is 5.92 Å². The highest BCUT2D eigenvalue weighted by molar-refractivity contribution is 6.46. The van der Waals surface area contributed by atoms with Crippen molar-refractivity contribution < 1.29 is 24.2 Å². The van der Waals surface area contributed by atoms with E-state index in [1.54, 1.807) is 24.3 Å². The second kappa shape index (κ2) is 11.7. The van der Waals surface area contributed by atoms with Crippen LogP contribution in [-0.2, 0) is 16.1 Å². The number of Topliss-reactive ketones (excluding diaryl/α,β-unsaturated/α-hetero) is 1. The molecule has 0 aliphatic carbocycles. The predicted octanol–water partition coefficient (Wildman–Crippen LogP) is 5.53. The fourth-order valence-electron chi connectivity index (χ4n) is 4.32. The van der Waals surface area contributed by atoms with Crippen LogP contribution < -0.4 is 9.47 Å². The molecule has 0 spiro atoms. The molecule has 1 fully saturated rings. The maximum atomic E-state index is 13.3. The van der Waals surface area contributed by atoms with E-state index in [2.05, 4.69) is 18.8 Å². The minimum absolute atomic E-state index is 0.0306. The largest absolute Gasteiger partial charge is 0.507 e. The van der Waals surface area contributed by atoms with E-state index in [0.29, 0.717) is 41.8 Å². The highest BCUT2D eigenvalue weighted by atomic mass is 16.5. The van der Waals surface area contributed by atoms with Gasteiger partial charge in [0.25, 0.3) is 11.7 Å². The summed E-state index contributed by atoms with van der Waals surface area (Å²) in [5, 5.41) is 11.2. The minimum atomic E-state index is -0.808. The quantitative estimate of drug-likeness (QED) is 0.224. The van der Waals surface area contributed by atoms with Crippen LogP contribution in [0.15, 0.2) is 78.6 Å². The number of ketones is 1. The monoisotopic (exact) mass is 500 g/mol. The number of hydrogen-bond donors (Lipinski definition) is 1. The van der Waals surface area contributed by atoms with Gasteiger partial charge in [0.2, 0.25) is 0 Å². The third-order valence-corrected chi connectivity index (χ3v) is 6.23. The first-order chi connectivity index (χ1) is 17.9. The number of carbonyl (C=O) groups excluding carboxylic acids is 2. The van der Waals surface area contributed by atoms with Crippen molar-refractivity contribution >= 4 is 17.4 Å². The number of ether oxygens (including phenoxy) is 2. The SMILES string of the molecule is CCOc1cc(C2C(=C(O)c3ccncc3)C(=O)C(=O)N2Cc2ccccc2)ccc1OCCC(C)C. The summed E-state index contributed by atoms with van der Waals surface area (Å²) in [7, 11) is 0. The number of aliphatic hydroxyl groups excluding tert-OH is 1. The summed E-state index contributed by atoms with van der Waals surface area (Å²) in [5.74, 6) is -0.0132. The van der Waals surface area contributed by atoms with E-state index in [0.717, 1.165) is 12.0 Å². The Hall–Kier alpha value is -4.13. The number of amides is 1. The molecule has 2 aromatic carbocycles. The van der Waals surface area contributed by atoms with E-state index in [4.69, 9.17) is 9.47 Å². The standard InChI is InChI=1S/C30H32N2O5/c1-4-36-25-18-23(10-11-24(25)37-17-14-20(2)3)27-26(28(33)22-12-15-31-16-13-22)29(34)30(35)32(27)19-21-8-6-5-7-9-21/h5-13,15-16,18,20,27,33H,4,14,17,19H2,1-3H3. The molecule has 37 heavy (non-hydrogen) atoms. The van der Waals surface area contributed by atoms with Gasteiger partial charge in [0.05, 0.1) is 24.8 Å². The van der Waals surface area contributed by atoms with Crippen LogP contribution in [0.5, 0.6) is 11.5 Å². The maximum Gasteiger partial charge on any atom is 0.295 e. The minimum Gasteiger partial charge on any atom is -0.507 e. The second-order valence-corrected chi connectivity index (χ2v) is 9.32. The summed E-state index contributed by atoms with van der Waals surface area (Å²) in [6, 6.07) is 17.3. The molecule has 7 nitrogen and oxygen atoms in total. The Morgan fingerprint density at radius 1 is 1.00 bits per heavy atom. The lowest BCUT2D eigenvalue weighted by Gasteiger charge is -2.26. The van der Waals surface area contributed by atoms with E-state index in [-0.39, 0.29) is 17.9 Å². The van der Waals surface area contributed by atoms with Crippen LogP contribution in [0.3, 0.4) is 0 Å². The molecule has 2 heterocycles. The highest BCUT2D eigenvalue weighted by Crippen LogP contribution is 2.42. The van der Waals surface area contributed by atoms with Gasteiger partial charge in [0.1, 0.15) is 5.76 Å². The Labute approximate surface area is 217 Å². The lowest BCUT2D eigenvalue weighted by atomic mass is 9.95. The topological polar surface area (TPSA) is 89.0 Å². The number of likely N-dealkylation sites (tertiary alicyclic amines) is 1. The first kappa shape index (κ1) is 25.9. The summed E-state index contributed by atoms with van der Waals surface area (Å²) in [4.78, 5) is 32.1. The van der Waals surface area contributed by atoms with Gasteiger partial charge in [-0.3, -0.25) is 14.6 Å². The third kappa shape index (κ3) is 5.82. The summed E-state index contributed by atoms with van der Waals surface area (Å²) in [6.45, 7) is 7.33. The van der Waals surface area contributed by atoms with Crippen molar-refractivity contribution in [2.45, 2.75) is 39.8 Å². The van der Waals surface area contributed by atoms with Gasteiger partial charge < -0.3 is 19.5 Å². The van der Waals surface area contributed by atoms with Crippen LogP contribution in [0.2, 0.25) is 0 Å². The second-order valence-electron chi connectivity index (χ2n) is 9.32. The molecule has 7 heteroatoms. The Bertz CT molecular complexity index is 1270. The summed E-state index contributed by atoms with van der Waals surface area (Å²) < 4.78 is 11.9. The highest BCUT2D eigenvalue weighted by Gasteiger charge is 2.46. The normalized spacial score (nSPS) is 16.9. The van der Waals surface area contributed by atoms with Crippen molar-refractivity contribution in [1.29, 1.82) is 0 Å². The number of pyridine rings is 1. The third-order valence-electron chi connectivity index (χ3n) is 6.23. The smallest absolute Gasteiger partial charge is 0.295 e. The van der Waals surface area contributed by atoms with Gasteiger partial charge in [-0.05, 0) is 54.7 Å². The zero-order chi connectivity index (χ0) is 26.4. The molecule has 1 aliphatic rings. The Morgan fingerprint density at radius 2 is 1.73 bits per heavy atom. The van der Waals surface area contributed by atoms with Crippen LogP contribution in [0.25, 0.3) is 5.76 Å². The van der Waals surface area contributed by atoms with Crippen LogP contribution in [-0.4, -0.2) is 39.9 Å². The molecule has 0 bridgehead atoms. The molecule has 3 aromatic rings. The van der Waals surface area contributed by atoms with E-state index < -0.39 is 17.7 Å². The average Bonchev–Trinajstić information content (AvgIpc) is 3.15. The van der Waals surface area contributed by atoms with Gasteiger partial charge in [0, 0.05) is 24.5 Å². The van der Waals surface area contributed by atoms with E-state index in [9.17, 15) is 14.7 Å². The van der Waals surface area contributed by atoms with Gasteiger partial charge in [-0.2, -0.15) is 0 Å². The molecule has 1 atom stereocenters. The van der Waals surface area contributed by atoms with Crippen molar-refractivity contribution in [3.8, 4) is 11.5 Å². The lowest BCUT2D eigenvalue weighted by molar-refractivity contribution is -0.140. The van der Waals surface area contributed by atoms with Crippen molar-refractivity contribution in [1.82, 2.24) is 9.88 Å². The number of carbonyl (C=O) groups is 2. The fourth-order valence-corrected chi connectivity index (χ4v) is 4.32. The molecule has 0 saturated carbocycles. The number of aliphatic hydroxyl groups is 1. The first-order valence-electron chi connectivity index (χ1n) is 12.5. The molecule has 1 aliphatic heterocycles. The summed E-state index contributed by atoms with van der Waals surface area (Å²) >= 11 is 0. The Morgan fingerprint density at radius 3 is 2.41 bits per heavy atom. The number of nitrogens with zero attached hydrogens (tertiary/aromatic N) is 2. The number of benzene rings is 2. The van der Waals surface area contributed by atoms with Crippen molar-refractivity contribution in [3.05, 3.63) is 95.3 Å². The molecule has 1 aromatic heterocycles. The first-order valence-corrected chi connectivity index (χ1v) is 12.5. The molecule has 1 unspecified atom stereocenters. The van der Waals surface area contributed by atoms with Crippen LogP contribution in [0.4, 0.5) is 0 Å². The number of rotatable bonds is 10. The average molecular weight is 501 g/mol. The molecule has 1 N–H and O–H groups in total. The number of aromatic nitrogens is 1. The Balaban J connectivity index is 1.81. The van der Waals surface area contributed by atoms with Gasteiger partial charge in [-0.15, -0.1) is 0 Å². The van der Waals surface area contributed by atoms with Crippen molar-refractivity contribution in [2.75, 3.05) is 13.2 Å². The summed E-state index contributed by atoms with van der Waals surface area (Å²) in [6.07, 6.45) is 3.96. The van der Waals surface area contributed by atoms with E-state index in [1.165, 1.54) is 17.3 Å². The molecular weight excluding hydrogens is 468 g/mol. The number of hydrogen-bond acceptors (Lipinski definition) is 6. The predicted molar refractivity (Wildman–Crippen MR) is 141 cm³/mol. The van der Waals surface area contributed by atoms with Gasteiger partial charge in [-0.1, -0.05) is 50.2 Å². The summed E-state index contributed by atoms with van der Waals surface area (Å²) in [5.41, 5.74) is 1.96. The molecule has 1 saturated heterocycles. The molecule has 0 radical (unpaired) electrons. The van der Waals surface area contributed by atoms with Gasteiger partial charge in [-0.25, -0.2) is 0 Å². The molecule has 192 valence electrons. The maximum absolute atomic E-state index is 13.3. The van der Waals surface area contributed by atoms with Gasteiger partial charge >= 0.3 is 0 Å². The Kier molecular flexibility index (Phi) is 8.23. The van der Waals surface area contributed by atoms with E-state index >= 15 is 0 Å². The van der Waals surface area contributed by atoms with E-state index in [1.807, 2.05) is 43.3 Å². The van der Waals surface area contributed by atoms with Gasteiger partial charge in [0.15, 0.2) is 11.5 Å². The molecular formula is C30H32N2O5. The van der Waals surface area contributed by atoms with Crippen LogP contribution in [0.1, 0.15) is 49.9 Å². The molecule has 4 rings (SSSR count).